The molecule has 2 aromatic rings. The van der Waals surface area contributed by atoms with Crippen LogP contribution in [0.2, 0.25) is 0 Å². The average Bonchev–Trinajstić information content (AvgIpc) is 3.00. The van der Waals surface area contributed by atoms with Crippen LogP contribution in [-0.2, 0) is 9.49 Å². The first kappa shape index (κ1) is 31.0. The van der Waals surface area contributed by atoms with Crippen molar-refractivity contribution >= 4 is 23.5 Å². The van der Waals surface area contributed by atoms with E-state index in [1.54, 1.807) is 35.5 Å². The molecule has 0 aromatic heterocycles. The molecule has 4 rings (SSSR count). The molecule has 1 saturated carbocycles. The molecular formula is C32H47NO5S2. The van der Waals surface area contributed by atoms with Crippen LogP contribution < -0.4 is 23.7 Å². The molecule has 1 aliphatic heterocycles. The van der Waals surface area contributed by atoms with E-state index < -0.39 is 0 Å². The summed E-state index contributed by atoms with van der Waals surface area (Å²) in [6, 6.07) is 10.9. The minimum atomic E-state index is -0.0161. The molecule has 2 aliphatic rings. The van der Waals surface area contributed by atoms with Gasteiger partial charge in [-0.1, -0.05) is 25.3 Å². The zero-order chi connectivity index (χ0) is 28.6. The Kier molecular flexibility index (Phi) is 11.1. The van der Waals surface area contributed by atoms with Gasteiger partial charge in [-0.3, -0.25) is 0 Å². The minimum absolute atomic E-state index is 0.0161. The topological polar surface area (TPSA) is 49.4 Å². The third-order valence-electron chi connectivity index (χ3n) is 8.49. The van der Waals surface area contributed by atoms with E-state index in [1.165, 1.54) is 61.2 Å². The Balaban J connectivity index is 1.50. The Morgan fingerprint density at radius 2 is 1.30 bits per heavy atom. The lowest BCUT2D eigenvalue weighted by Crippen LogP contribution is -2.41. The zero-order valence-electron chi connectivity index (χ0n) is 25.2. The number of hydrogen-bond acceptors (Lipinski definition) is 8. The van der Waals surface area contributed by atoms with Crippen LogP contribution in [0.4, 0.5) is 0 Å². The molecule has 1 aliphatic carbocycles. The van der Waals surface area contributed by atoms with Crippen molar-refractivity contribution in [2.45, 2.75) is 60.9 Å². The van der Waals surface area contributed by atoms with E-state index >= 15 is 0 Å². The van der Waals surface area contributed by atoms with Crippen LogP contribution in [0.5, 0.6) is 28.7 Å². The van der Waals surface area contributed by atoms with Gasteiger partial charge in [-0.2, -0.15) is 0 Å². The molecule has 1 saturated heterocycles. The summed E-state index contributed by atoms with van der Waals surface area (Å²) >= 11 is 4.15. The number of thioether (sulfide) groups is 2. The summed E-state index contributed by atoms with van der Waals surface area (Å²) in [6.07, 6.45) is 9.77. The summed E-state index contributed by atoms with van der Waals surface area (Å²) in [5.41, 5.74) is 2.78. The quantitative estimate of drug-likeness (QED) is 0.240. The number of benzene rings is 2. The zero-order valence-corrected chi connectivity index (χ0v) is 26.8. The maximum absolute atomic E-state index is 5.72. The van der Waals surface area contributed by atoms with Crippen molar-refractivity contribution in [3.8, 4) is 28.7 Å². The number of hydrogen-bond donors (Lipinski definition) is 0. The predicted octanol–water partition coefficient (Wildman–Crippen LogP) is 7.37. The molecule has 222 valence electrons. The van der Waals surface area contributed by atoms with Crippen molar-refractivity contribution in [1.82, 2.24) is 4.90 Å². The maximum Gasteiger partial charge on any atom is 0.203 e. The molecule has 0 atom stereocenters. The molecule has 0 N–H and O–H groups in total. The summed E-state index contributed by atoms with van der Waals surface area (Å²) in [5, 5.41) is 0. The van der Waals surface area contributed by atoms with E-state index in [2.05, 4.69) is 65.8 Å². The first-order chi connectivity index (χ1) is 19.4. The second kappa shape index (κ2) is 14.3. The van der Waals surface area contributed by atoms with Gasteiger partial charge in [0.1, 0.15) is 0 Å². The lowest BCUT2D eigenvalue weighted by atomic mass is 9.69. The summed E-state index contributed by atoms with van der Waals surface area (Å²) < 4.78 is 28.2. The van der Waals surface area contributed by atoms with E-state index in [1.807, 2.05) is 0 Å². The van der Waals surface area contributed by atoms with Gasteiger partial charge in [-0.15, -0.1) is 23.5 Å². The normalized spacial score (nSPS) is 18.3. The molecule has 0 spiro atoms. The number of methoxy groups -OCH3 is 5. The standard InChI is InChI=1S/C32H47NO5S2/c1-33(23-31(14-8-7-9-15-31)24-12-13-26(34-2)27(20-24)35-3)17-10-16-32(39-18-11-19-40-32)25-21-28(36-4)30(38-6)29(22-25)37-5/h12-13,20-22H,7-11,14-19,23H2,1-6H3. The Hall–Kier alpha value is -1.90. The molecule has 1 heterocycles. The maximum atomic E-state index is 5.72. The Morgan fingerprint density at radius 3 is 1.88 bits per heavy atom. The van der Waals surface area contributed by atoms with Gasteiger partial charge < -0.3 is 28.6 Å². The third kappa shape index (κ3) is 6.76. The largest absolute Gasteiger partial charge is 0.493 e. The lowest BCUT2D eigenvalue weighted by Gasteiger charge is -2.41. The summed E-state index contributed by atoms with van der Waals surface area (Å²) in [6.45, 7) is 2.11. The lowest BCUT2D eigenvalue weighted by molar-refractivity contribution is 0.190. The molecular weight excluding hydrogens is 542 g/mol. The van der Waals surface area contributed by atoms with E-state index in [4.69, 9.17) is 23.7 Å². The first-order valence-corrected chi connectivity index (χ1v) is 16.4. The molecule has 0 radical (unpaired) electrons. The highest BCUT2D eigenvalue weighted by atomic mass is 32.2. The van der Waals surface area contributed by atoms with Gasteiger partial charge in [0, 0.05) is 12.0 Å². The fourth-order valence-corrected chi connectivity index (χ4v) is 9.84. The summed E-state index contributed by atoms with van der Waals surface area (Å²) in [4.78, 5) is 2.56. The van der Waals surface area contributed by atoms with Crippen molar-refractivity contribution in [2.75, 3.05) is 67.2 Å². The van der Waals surface area contributed by atoms with Crippen molar-refractivity contribution in [1.29, 1.82) is 0 Å². The van der Waals surface area contributed by atoms with Gasteiger partial charge in [0.2, 0.25) is 5.75 Å². The second-order valence-electron chi connectivity index (χ2n) is 11.0. The van der Waals surface area contributed by atoms with Crippen LogP contribution in [0.25, 0.3) is 0 Å². The van der Waals surface area contributed by atoms with Gasteiger partial charge in [0.15, 0.2) is 23.0 Å². The van der Waals surface area contributed by atoms with Crippen molar-refractivity contribution < 1.29 is 23.7 Å². The predicted molar refractivity (Wildman–Crippen MR) is 168 cm³/mol. The SMILES string of the molecule is COc1ccc(C2(CN(C)CCCC3(c4cc(OC)c(OC)c(OC)c4)SCCCS3)CCCCC2)cc1OC. The van der Waals surface area contributed by atoms with Crippen LogP contribution in [0, 0.1) is 0 Å². The minimum Gasteiger partial charge on any atom is -0.493 e. The second-order valence-corrected chi connectivity index (χ2v) is 14.0. The molecule has 8 heteroatoms. The van der Waals surface area contributed by atoms with Crippen molar-refractivity contribution in [2.24, 2.45) is 0 Å². The van der Waals surface area contributed by atoms with E-state index in [-0.39, 0.29) is 9.49 Å². The van der Waals surface area contributed by atoms with Crippen molar-refractivity contribution in [3.05, 3.63) is 41.5 Å². The first-order valence-electron chi connectivity index (χ1n) is 14.4. The molecule has 2 aromatic carbocycles. The third-order valence-corrected chi connectivity index (χ3v) is 12.0. The molecule has 6 nitrogen and oxygen atoms in total. The molecule has 0 unspecified atom stereocenters. The van der Waals surface area contributed by atoms with Crippen molar-refractivity contribution in [3.63, 3.8) is 0 Å². The van der Waals surface area contributed by atoms with Gasteiger partial charge >= 0.3 is 0 Å². The fraction of sp³-hybridized carbons (Fsp3) is 0.625. The van der Waals surface area contributed by atoms with Gasteiger partial charge in [-0.25, -0.2) is 0 Å². The number of rotatable bonds is 13. The Morgan fingerprint density at radius 1 is 0.700 bits per heavy atom. The Bertz CT molecular complexity index is 1070. The molecule has 0 bridgehead atoms. The highest BCUT2D eigenvalue weighted by molar-refractivity contribution is 8.18. The van der Waals surface area contributed by atoms with E-state index in [0.717, 1.165) is 48.9 Å². The summed E-state index contributed by atoms with van der Waals surface area (Å²) in [5.74, 6) is 6.08. The summed E-state index contributed by atoms with van der Waals surface area (Å²) in [7, 11) is 10.8. The smallest absolute Gasteiger partial charge is 0.203 e. The van der Waals surface area contributed by atoms with Crippen LogP contribution in [0.3, 0.4) is 0 Å². The van der Waals surface area contributed by atoms with Gasteiger partial charge in [0.05, 0.1) is 39.6 Å². The molecule has 2 fully saturated rings. The van der Waals surface area contributed by atoms with Gasteiger partial charge in [-0.05, 0) is 92.6 Å². The van der Waals surface area contributed by atoms with Crippen LogP contribution in [-0.4, -0.2) is 72.1 Å². The van der Waals surface area contributed by atoms with E-state index in [0.29, 0.717) is 5.75 Å². The molecule has 40 heavy (non-hydrogen) atoms. The number of nitrogens with zero attached hydrogens (tertiary/aromatic N) is 1. The Labute approximate surface area is 249 Å². The number of likely N-dealkylation sites (N-methyl/N-ethyl adjacent to an activating group) is 1. The highest BCUT2D eigenvalue weighted by Gasteiger charge is 2.38. The van der Waals surface area contributed by atoms with Gasteiger partial charge in [0.25, 0.3) is 0 Å². The molecule has 0 amide bonds. The monoisotopic (exact) mass is 589 g/mol. The van der Waals surface area contributed by atoms with E-state index in [9.17, 15) is 0 Å². The van der Waals surface area contributed by atoms with Crippen LogP contribution in [0.1, 0.15) is 62.5 Å². The highest BCUT2D eigenvalue weighted by Crippen LogP contribution is 2.56. The number of ether oxygens (including phenoxy) is 5. The average molecular weight is 590 g/mol. The fourth-order valence-electron chi connectivity index (χ4n) is 6.44. The van der Waals surface area contributed by atoms with Crippen LogP contribution >= 0.6 is 23.5 Å². The van der Waals surface area contributed by atoms with Crippen LogP contribution in [0.15, 0.2) is 30.3 Å².